The van der Waals surface area contributed by atoms with Crippen LogP contribution in [0.3, 0.4) is 0 Å². The second-order valence-electron chi connectivity index (χ2n) is 7.44. The lowest BCUT2D eigenvalue weighted by Crippen LogP contribution is -2.24. The molecule has 0 radical (unpaired) electrons. The van der Waals surface area contributed by atoms with Gasteiger partial charge in [0, 0.05) is 12.0 Å². The van der Waals surface area contributed by atoms with Crippen LogP contribution < -0.4 is 5.73 Å². The van der Waals surface area contributed by atoms with Crippen LogP contribution in [0.5, 0.6) is 0 Å². The van der Waals surface area contributed by atoms with Gasteiger partial charge in [-0.15, -0.1) is 0 Å². The Labute approximate surface area is 169 Å². The molecule has 2 aromatic rings. The first kappa shape index (κ1) is 21.9. The molecule has 0 aliphatic rings. The first-order valence-corrected chi connectivity index (χ1v) is 10.3. The Morgan fingerprint density at radius 3 is 2.07 bits per heavy atom. The topological polar surface area (TPSA) is 52.3 Å². The summed E-state index contributed by atoms with van der Waals surface area (Å²) in [5, 5.41) is 0. The summed E-state index contributed by atoms with van der Waals surface area (Å²) in [6, 6.07) is 17.3. The Morgan fingerprint density at radius 1 is 1.00 bits per heavy atom. The summed E-state index contributed by atoms with van der Waals surface area (Å²) < 4.78 is 5.51. The van der Waals surface area contributed by atoms with Crippen LogP contribution in [0.2, 0.25) is 0 Å². The number of benzene rings is 2. The maximum Gasteiger partial charge on any atom is 0.333 e. The van der Waals surface area contributed by atoms with E-state index >= 15 is 0 Å². The molecular weight excluding hydrogens is 346 g/mol. The van der Waals surface area contributed by atoms with Gasteiger partial charge in [0.25, 0.3) is 0 Å². The molecule has 0 amide bonds. The Morgan fingerprint density at radius 2 is 1.57 bits per heavy atom. The number of rotatable bonds is 11. The van der Waals surface area contributed by atoms with Crippen LogP contribution in [0.15, 0.2) is 60.7 Å². The summed E-state index contributed by atoms with van der Waals surface area (Å²) in [6.07, 6.45) is 6.03. The van der Waals surface area contributed by atoms with Crippen LogP contribution in [0.25, 0.3) is 11.1 Å². The van der Waals surface area contributed by atoms with E-state index < -0.39 is 0 Å². The Kier molecular flexibility index (Phi) is 8.96. The minimum atomic E-state index is -0.353. The number of hydrogen-bond acceptors (Lipinski definition) is 3. The monoisotopic (exact) mass is 379 g/mol. The van der Waals surface area contributed by atoms with Crippen LogP contribution in [-0.4, -0.2) is 18.6 Å². The fraction of sp³-hybridized carbons (Fsp3) is 0.400. The molecule has 28 heavy (non-hydrogen) atoms. The SMILES string of the molecule is C=C(C)C(=O)OC(CCN)Cc1ccc(-c2ccc(CCCCC)cc2)cc1. The molecule has 2 aromatic carbocycles. The lowest BCUT2D eigenvalue weighted by molar-refractivity contribution is -0.144. The van der Waals surface area contributed by atoms with E-state index in [1.165, 1.54) is 36.0 Å². The third kappa shape index (κ3) is 6.97. The van der Waals surface area contributed by atoms with Gasteiger partial charge in [0.05, 0.1) is 0 Å². The zero-order chi connectivity index (χ0) is 20.4. The van der Waals surface area contributed by atoms with Crippen molar-refractivity contribution >= 4 is 5.97 Å². The van der Waals surface area contributed by atoms with Gasteiger partial charge in [-0.05, 0) is 55.0 Å². The van der Waals surface area contributed by atoms with Crippen molar-refractivity contribution in [2.24, 2.45) is 5.73 Å². The van der Waals surface area contributed by atoms with E-state index in [1.807, 2.05) is 0 Å². The summed E-state index contributed by atoms with van der Waals surface area (Å²) in [5.41, 5.74) is 11.0. The van der Waals surface area contributed by atoms with Gasteiger partial charge in [0.1, 0.15) is 6.10 Å². The van der Waals surface area contributed by atoms with Crippen molar-refractivity contribution < 1.29 is 9.53 Å². The number of ether oxygens (including phenoxy) is 1. The van der Waals surface area contributed by atoms with Gasteiger partial charge in [-0.1, -0.05) is 74.9 Å². The number of aryl methyl sites for hydroxylation is 1. The lowest BCUT2D eigenvalue weighted by atomic mass is 9.98. The van der Waals surface area contributed by atoms with Crippen LogP contribution in [-0.2, 0) is 22.4 Å². The van der Waals surface area contributed by atoms with E-state index in [9.17, 15) is 4.79 Å². The van der Waals surface area contributed by atoms with Crippen molar-refractivity contribution in [1.29, 1.82) is 0 Å². The average molecular weight is 380 g/mol. The van der Waals surface area contributed by atoms with Gasteiger partial charge in [0.2, 0.25) is 0 Å². The quantitative estimate of drug-likeness (QED) is 0.320. The van der Waals surface area contributed by atoms with Gasteiger partial charge < -0.3 is 10.5 Å². The standard InChI is InChI=1S/C25H33NO2/c1-4-5-6-7-20-8-12-22(13-9-20)23-14-10-21(11-15-23)18-24(16-17-26)28-25(27)19(2)3/h8-15,24H,2,4-7,16-18,26H2,1,3H3. The largest absolute Gasteiger partial charge is 0.459 e. The van der Waals surface area contributed by atoms with Crippen molar-refractivity contribution in [3.05, 3.63) is 71.8 Å². The molecule has 3 nitrogen and oxygen atoms in total. The van der Waals surface area contributed by atoms with E-state index in [0.717, 1.165) is 12.0 Å². The van der Waals surface area contributed by atoms with Crippen LogP contribution >= 0.6 is 0 Å². The molecule has 0 heterocycles. The van der Waals surface area contributed by atoms with E-state index in [0.29, 0.717) is 25.0 Å². The predicted molar refractivity (Wildman–Crippen MR) is 117 cm³/mol. The lowest BCUT2D eigenvalue weighted by Gasteiger charge is -2.17. The number of carbonyl (C=O) groups is 1. The molecule has 150 valence electrons. The van der Waals surface area contributed by atoms with Gasteiger partial charge >= 0.3 is 5.97 Å². The van der Waals surface area contributed by atoms with Gasteiger partial charge in [-0.25, -0.2) is 4.79 Å². The minimum absolute atomic E-state index is 0.220. The molecule has 1 atom stereocenters. The zero-order valence-electron chi connectivity index (χ0n) is 17.2. The highest BCUT2D eigenvalue weighted by atomic mass is 16.5. The van der Waals surface area contributed by atoms with E-state index in [-0.39, 0.29) is 12.1 Å². The summed E-state index contributed by atoms with van der Waals surface area (Å²) >= 11 is 0. The summed E-state index contributed by atoms with van der Waals surface area (Å²) in [7, 11) is 0. The molecule has 0 fully saturated rings. The smallest absolute Gasteiger partial charge is 0.333 e. The molecule has 0 aliphatic heterocycles. The Balaban J connectivity index is 1.99. The summed E-state index contributed by atoms with van der Waals surface area (Å²) in [5.74, 6) is -0.353. The number of carbonyl (C=O) groups excluding carboxylic acids is 1. The molecule has 0 spiro atoms. The number of hydrogen-bond donors (Lipinski definition) is 1. The van der Waals surface area contributed by atoms with Crippen molar-refractivity contribution in [2.45, 2.75) is 58.5 Å². The predicted octanol–water partition coefficient (Wildman–Crippen LogP) is 5.47. The van der Waals surface area contributed by atoms with Crippen molar-refractivity contribution in [2.75, 3.05) is 6.54 Å². The van der Waals surface area contributed by atoms with E-state index in [4.69, 9.17) is 10.5 Å². The fourth-order valence-electron chi connectivity index (χ4n) is 3.18. The Hall–Kier alpha value is -2.39. The number of esters is 1. The normalized spacial score (nSPS) is 11.8. The second kappa shape index (κ2) is 11.5. The van der Waals surface area contributed by atoms with E-state index in [1.54, 1.807) is 6.92 Å². The third-order valence-electron chi connectivity index (χ3n) is 4.88. The molecular formula is C25H33NO2. The molecule has 0 aliphatic carbocycles. The second-order valence-corrected chi connectivity index (χ2v) is 7.44. The minimum Gasteiger partial charge on any atom is -0.459 e. The molecule has 0 bridgehead atoms. The molecule has 3 heteroatoms. The molecule has 0 saturated carbocycles. The highest BCUT2D eigenvalue weighted by Gasteiger charge is 2.15. The number of unbranched alkanes of at least 4 members (excludes halogenated alkanes) is 2. The van der Waals surface area contributed by atoms with Gasteiger partial charge in [-0.3, -0.25) is 0 Å². The first-order chi connectivity index (χ1) is 13.5. The summed E-state index contributed by atoms with van der Waals surface area (Å²) in [6.45, 7) is 8.01. The van der Waals surface area contributed by atoms with Crippen molar-refractivity contribution in [3.8, 4) is 11.1 Å². The van der Waals surface area contributed by atoms with Crippen LogP contribution in [0, 0.1) is 0 Å². The average Bonchev–Trinajstić information content (AvgIpc) is 2.69. The molecule has 0 aromatic heterocycles. The highest BCUT2D eigenvalue weighted by molar-refractivity contribution is 5.87. The summed E-state index contributed by atoms with van der Waals surface area (Å²) in [4.78, 5) is 11.8. The zero-order valence-corrected chi connectivity index (χ0v) is 17.2. The van der Waals surface area contributed by atoms with Gasteiger partial charge in [-0.2, -0.15) is 0 Å². The maximum absolute atomic E-state index is 11.8. The molecule has 1 unspecified atom stereocenters. The van der Waals surface area contributed by atoms with Crippen LogP contribution in [0.4, 0.5) is 0 Å². The number of nitrogens with two attached hydrogens (primary N) is 1. The third-order valence-corrected chi connectivity index (χ3v) is 4.88. The highest BCUT2D eigenvalue weighted by Crippen LogP contribution is 2.22. The molecule has 2 rings (SSSR count). The molecule has 0 saturated heterocycles. The van der Waals surface area contributed by atoms with Gasteiger partial charge in [0.15, 0.2) is 0 Å². The van der Waals surface area contributed by atoms with Crippen molar-refractivity contribution in [1.82, 2.24) is 0 Å². The van der Waals surface area contributed by atoms with E-state index in [2.05, 4.69) is 62.0 Å². The first-order valence-electron chi connectivity index (χ1n) is 10.3. The maximum atomic E-state index is 11.8. The molecule has 2 N–H and O–H groups in total. The van der Waals surface area contributed by atoms with Crippen molar-refractivity contribution in [3.63, 3.8) is 0 Å². The Bertz CT molecular complexity index is 747. The fourth-order valence-corrected chi connectivity index (χ4v) is 3.18. The van der Waals surface area contributed by atoms with Crippen LogP contribution in [0.1, 0.15) is 50.7 Å².